The number of hydrogen-bond donors (Lipinski definition) is 2. The maximum Gasteiger partial charge on any atom is 0.321 e. The van der Waals surface area contributed by atoms with E-state index >= 15 is 0 Å². The van der Waals surface area contributed by atoms with Crippen LogP contribution >= 0.6 is 34.9 Å². The molecule has 154 valence electrons. The maximum atomic E-state index is 12.4. The minimum absolute atomic E-state index is 0.0733. The van der Waals surface area contributed by atoms with Gasteiger partial charge < -0.3 is 5.32 Å². The molecule has 0 atom stereocenters. The molecule has 4 bridgehead atoms. The summed E-state index contributed by atoms with van der Waals surface area (Å²) in [4.78, 5) is 24.6. The molecule has 0 aromatic carbocycles. The monoisotopic (exact) mass is 440 g/mol. The number of hydrogen-bond acceptors (Lipinski definition) is 7. The highest BCUT2D eigenvalue weighted by molar-refractivity contribution is 8.03. The first kappa shape index (κ1) is 20.5. The van der Waals surface area contributed by atoms with Gasteiger partial charge in [0.25, 0.3) is 0 Å². The first-order valence-corrected chi connectivity index (χ1v) is 13.0. The van der Waals surface area contributed by atoms with Crippen molar-refractivity contribution in [2.45, 2.75) is 72.5 Å². The van der Waals surface area contributed by atoms with Crippen molar-refractivity contribution in [3.63, 3.8) is 0 Å². The molecule has 3 amide bonds. The van der Waals surface area contributed by atoms with Crippen LogP contribution in [0.25, 0.3) is 0 Å². The van der Waals surface area contributed by atoms with E-state index in [4.69, 9.17) is 0 Å². The molecule has 0 unspecified atom stereocenters. The Balaban J connectivity index is 1.20. The van der Waals surface area contributed by atoms with Gasteiger partial charge in [0.2, 0.25) is 5.91 Å². The van der Waals surface area contributed by atoms with Gasteiger partial charge in [0, 0.05) is 11.3 Å². The third-order valence-electron chi connectivity index (χ3n) is 6.11. The predicted octanol–water partition coefficient (Wildman–Crippen LogP) is 4.32. The van der Waals surface area contributed by atoms with Gasteiger partial charge in [0.15, 0.2) is 8.68 Å². The second-order valence-corrected chi connectivity index (χ2v) is 12.1. The van der Waals surface area contributed by atoms with Crippen LogP contribution in [0.15, 0.2) is 8.68 Å². The fourth-order valence-corrected chi connectivity index (χ4v) is 8.42. The summed E-state index contributed by atoms with van der Waals surface area (Å²) in [5.74, 6) is 3.24. The van der Waals surface area contributed by atoms with Crippen molar-refractivity contribution in [3.05, 3.63) is 0 Å². The number of carbonyl (C=O) groups excluding carboxylic acids is 2. The van der Waals surface area contributed by atoms with Crippen molar-refractivity contribution < 1.29 is 9.59 Å². The molecule has 0 radical (unpaired) electrons. The van der Waals surface area contributed by atoms with Crippen LogP contribution in [0.2, 0.25) is 0 Å². The summed E-state index contributed by atoms with van der Waals surface area (Å²) >= 11 is 4.56. The number of thioether (sulfide) groups is 2. The maximum absolute atomic E-state index is 12.4. The zero-order valence-electron chi connectivity index (χ0n) is 16.2. The van der Waals surface area contributed by atoms with Gasteiger partial charge in [-0.1, -0.05) is 48.2 Å². The third kappa shape index (κ3) is 5.02. The summed E-state index contributed by atoms with van der Waals surface area (Å²) in [6.45, 7) is 2.17. The van der Waals surface area contributed by atoms with E-state index in [0.717, 1.165) is 57.9 Å². The van der Waals surface area contributed by atoms with Crippen LogP contribution in [0.3, 0.4) is 0 Å². The molecule has 6 nitrogen and oxygen atoms in total. The SMILES string of the molecule is CCCCSc1nnc(SCC(=O)NC(=O)NC23CC4CC(CC(C4)C2)C3)s1. The van der Waals surface area contributed by atoms with Crippen molar-refractivity contribution in [2.24, 2.45) is 17.8 Å². The van der Waals surface area contributed by atoms with Crippen LogP contribution in [0.1, 0.15) is 58.3 Å². The highest BCUT2D eigenvalue weighted by atomic mass is 32.2. The molecule has 0 saturated heterocycles. The normalized spacial score (nSPS) is 30.4. The second-order valence-electron chi connectivity index (χ2n) is 8.52. The number of rotatable bonds is 8. The van der Waals surface area contributed by atoms with E-state index < -0.39 is 0 Å². The van der Waals surface area contributed by atoms with Gasteiger partial charge in [-0.25, -0.2) is 4.79 Å². The van der Waals surface area contributed by atoms with Crippen LogP contribution in [-0.2, 0) is 4.79 Å². The van der Waals surface area contributed by atoms with E-state index in [-0.39, 0.29) is 23.2 Å². The van der Waals surface area contributed by atoms with E-state index in [2.05, 4.69) is 27.8 Å². The van der Waals surface area contributed by atoms with Crippen LogP contribution in [0, 0.1) is 17.8 Å². The van der Waals surface area contributed by atoms with Gasteiger partial charge in [-0.3, -0.25) is 10.1 Å². The molecule has 28 heavy (non-hydrogen) atoms. The Morgan fingerprint density at radius 3 is 2.29 bits per heavy atom. The molecule has 5 rings (SSSR count). The first-order chi connectivity index (χ1) is 13.5. The van der Waals surface area contributed by atoms with Gasteiger partial charge in [-0.05, 0) is 62.7 Å². The summed E-state index contributed by atoms with van der Waals surface area (Å²) < 4.78 is 1.71. The average molecular weight is 441 g/mol. The molecule has 4 saturated carbocycles. The lowest BCUT2D eigenvalue weighted by Crippen LogP contribution is -2.61. The molecular formula is C19H28N4O2S3. The Bertz CT molecular complexity index is 689. The van der Waals surface area contributed by atoms with Crippen molar-refractivity contribution in [1.82, 2.24) is 20.8 Å². The van der Waals surface area contributed by atoms with Crippen molar-refractivity contribution in [2.75, 3.05) is 11.5 Å². The highest BCUT2D eigenvalue weighted by Crippen LogP contribution is 2.55. The molecule has 1 heterocycles. The van der Waals surface area contributed by atoms with Crippen molar-refractivity contribution in [1.29, 1.82) is 0 Å². The smallest absolute Gasteiger partial charge is 0.321 e. The van der Waals surface area contributed by atoms with Gasteiger partial charge in [-0.2, -0.15) is 0 Å². The van der Waals surface area contributed by atoms with E-state index in [1.54, 1.807) is 11.8 Å². The molecule has 4 fully saturated rings. The van der Waals surface area contributed by atoms with Crippen LogP contribution in [0.4, 0.5) is 4.79 Å². The molecule has 4 aliphatic rings. The van der Waals surface area contributed by atoms with Crippen molar-refractivity contribution in [3.8, 4) is 0 Å². The van der Waals surface area contributed by atoms with E-state index in [0.29, 0.717) is 0 Å². The Labute approximate surface area is 178 Å². The Hall–Kier alpha value is -0.800. The quantitative estimate of drug-likeness (QED) is 0.463. The molecule has 0 aliphatic heterocycles. The van der Waals surface area contributed by atoms with Gasteiger partial charge in [0.1, 0.15) is 0 Å². The number of aromatic nitrogens is 2. The largest absolute Gasteiger partial charge is 0.332 e. The zero-order valence-corrected chi connectivity index (χ0v) is 18.7. The second kappa shape index (κ2) is 8.92. The zero-order chi connectivity index (χ0) is 19.6. The minimum Gasteiger partial charge on any atom is -0.332 e. The molecule has 2 N–H and O–H groups in total. The lowest BCUT2D eigenvalue weighted by Gasteiger charge is -2.56. The summed E-state index contributed by atoms with van der Waals surface area (Å²) in [7, 11) is 0. The van der Waals surface area contributed by atoms with E-state index in [1.807, 2.05) is 0 Å². The third-order valence-corrected chi connectivity index (χ3v) is 9.38. The average Bonchev–Trinajstić information content (AvgIpc) is 3.06. The lowest BCUT2D eigenvalue weighted by molar-refractivity contribution is -0.117. The minimum atomic E-state index is -0.333. The van der Waals surface area contributed by atoms with E-state index in [1.165, 1.54) is 48.8 Å². The van der Waals surface area contributed by atoms with Crippen LogP contribution < -0.4 is 10.6 Å². The van der Waals surface area contributed by atoms with Crippen LogP contribution in [-0.4, -0.2) is 39.2 Å². The summed E-state index contributed by atoms with van der Waals surface area (Å²) in [6, 6.07) is -0.333. The molecule has 4 aliphatic carbocycles. The number of nitrogens with zero attached hydrogens (tertiary/aromatic N) is 2. The molecule has 0 spiro atoms. The Morgan fingerprint density at radius 1 is 1.07 bits per heavy atom. The van der Waals surface area contributed by atoms with Gasteiger partial charge in [-0.15, -0.1) is 10.2 Å². The Morgan fingerprint density at radius 2 is 1.68 bits per heavy atom. The van der Waals surface area contributed by atoms with Gasteiger partial charge >= 0.3 is 6.03 Å². The number of carbonyl (C=O) groups is 2. The summed E-state index contributed by atoms with van der Waals surface area (Å²) in [6.07, 6.45) is 9.57. The van der Waals surface area contributed by atoms with E-state index in [9.17, 15) is 9.59 Å². The number of amides is 3. The molecular weight excluding hydrogens is 412 g/mol. The number of unbranched alkanes of at least 4 members (excludes halogenated alkanes) is 1. The summed E-state index contributed by atoms with van der Waals surface area (Å²) in [5, 5.41) is 14.0. The predicted molar refractivity (Wildman–Crippen MR) is 114 cm³/mol. The first-order valence-electron chi connectivity index (χ1n) is 10.2. The standard InChI is InChI=1S/C19H28N4O2S3/c1-2-3-4-26-17-22-23-18(28-17)27-11-15(24)20-16(25)21-19-8-12-5-13(9-19)7-14(6-12)10-19/h12-14H,2-11H2,1H3,(H2,20,21,24,25). The topological polar surface area (TPSA) is 84.0 Å². The van der Waals surface area contributed by atoms with Gasteiger partial charge in [0.05, 0.1) is 5.75 Å². The lowest BCUT2D eigenvalue weighted by atomic mass is 9.53. The number of imide groups is 1. The summed E-state index contributed by atoms with van der Waals surface area (Å²) in [5.41, 5.74) is -0.0733. The number of urea groups is 1. The number of nitrogens with one attached hydrogen (secondary N) is 2. The Kier molecular flexibility index (Phi) is 6.52. The fraction of sp³-hybridized carbons (Fsp3) is 0.789. The highest BCUT2D eigenvalue weighted by Gasteiger charge is 2.51. The molecule has 1 aromatic heterocycles. The van der Waals surface area contributed by atoms with Crippen molar-refractivity contribution >= 4 is 46.8 Å². The fourth-order valence-electron chi connectivity index (χ4n) is 5.44. The van der Waals surface area contributed by atoms with Crippen LogP contribution in [0.5, 0.6) is 0 Å². The molecule has 1 aromatic rings. The molecule has 9 heteroatoms.